The van der Waals surface area contributed by atoms with Gasteiger partial charge in [0.15, 0.2) is 0 Å². The molecule has 0 saturated heterocycles. The number of methoxy groups -OCH3 is 1. The number of imidazole rings is 1. The van der Waals surface area contributed by atoms with Crippen LogP contribution in [0.5, 0.6) is 5.75 Å². The largest absolute Gasteiger partial charge is 0.486 e. The molecule has 120 valence electrons. The van der Waals surface area contributed by atoms with Crippen molar-refractivity contribution < 1.29 is 9.47 Å². The van der Waals surface area contributed by atoms with E-state index in [1.165, 1.54) is 5.56 Å². The van der Waals surface area contributed by atoms with Crippen LogP contribution in [0.4, 0.5) is 0 Å². The van der Waals surface area contributed by atoms with Crippen LogP contribution in [0.25, 0.3) is 11.0 Å². The van der Waals surface area contributed by atoms with Crippen molar-refractivity contribution in [2.75, 3.05) is 13.7 Å². The summed E-state index contributed by atoms with van der Waals surface area (Å²) in [4.78, 5) is 4.70. The molecule has 1 heterocycles. The summed E-state index contributed by atoms with van der Waals surface area (Å²) < 4.78 is 13.3. The van der Waals surface area contributed by atoms with Crippen LogP contribution in [0.3, 0.4) is 0 Å². The molecule has 23 heavy (non-hydrogen) atoms. The van der Waals surface area contributed by atoms with Crippen molar-refractivity contribution in [1.82, 2.24) is 9.55 Å². The van der Waals surface area contributed by atoms with Crippen LogP contribution in [0, 0.1) is 0 Å². The molecule has 0 aliphatic carbocycles. The van der Waals surface area contributed by atoms with E-state index in [9.17, 15) is 0 Å². The molecule has 0 unspecified atom stereocenters. The molecule has 2 aromatic carbocycles. The van der Waals surface area contributed by atoms with Gasteiger partial charge in [-0.3, -0.25) is 0 Å². The first kappa shape index (κ1) is 15.6. The molecule has 4 heteroatoms. The van der Waals surface area contributed by atoms with Gasteiger partial charge in [0, 0.05) is 13.7 Å². The van der Waals surface area contributed by atoms with E-state index in [0.717, 1.165) is 35.6 Å². The Kier molecular flexibility index (Phi) is 4.93. The molecular weight excluding hydrogens is 288 g/mol. The minimum absolute atomic E-state index is 0.448. The molecule has 0 bridgehead atoms. The summed E-state index contributed by atoms with van der Waals surface area (Å²) in [6.07, 6.45) is 1.03. The number of rotatable bonds is 7. The second kappa shape index (κ2) is 7.29. The Bertz CT molecular complexity index is 763. The van der Waals surface area contributed by atoms with E-state index >= 15 is 0 Å². The van der Waals surface area contributed by atoms with Crippen LogP contribution in [0.2, 0.25) is 0 Å². The van der Waals surface area contributed by atoms with E-state index in [-0.39, 0.29) is 0 Å². The van der Waals surface area contributed by atoms with Gasteiger partial charge in [-0.1, -0.05) is 31.2 Å². The van der Waals surface area contributed by atoms with Crippen LogP contribution in [-0.4, -0.2) is 23.3 Å². The Labute approximate surface area is 136 Å². The summed E-state index contributed by atoms with van der Waals surface area (Å²) in [6.45, 7) is 4.01. The van der Waals surface area contributed by atoms with Gasteiger partial charge < -0.3 is 14.0 Å². The highest BCUT2D eigenvalue weighted by molar-refractivity contribution is 5.75. The monoisotopic (exact) mass is 310 g/mol. The lowest BCUT2D eigenvalue weighted by Gasteiger charge is -2.10. The third-order valence-corrected chi connectivity index (χ3v) is 3.95. The van der Waals surface area contributed by atoms with Crippen LogP contribution in [-0.2, 0) is 24.3 Å². The van der Waals surface area contributed by atoms with Crippen molar-refractivity contribution in [2.24, 2.45) is 0 Å². The van der Waals surface area contributed by atoms with Crippen LogP contribution < -0.4 is 4.74 Å². The van der Waals surface area contributed by atoms with Crippen molar-refractivity contribution in [3.05, 3.63) is 59.9 Å². The van der Waals surface area contributed by atoms with Crippen molar-refractivity contribution in [2.45, 2.75) is 26.5 Å². The van der Waals surface area contributed by atoms with Crippen LogP contribution in [0.1, 0.15) is 18.3 Å². The minimum Gasteiger partial charge on any atom is -0.486 e. The van der Waals surface area contributed by atoms with Crippen molar-refractivity contribution >= 4 is 11.0 Å². The van der Waals surface area contributed by atoms with Gasteiger partial charge in [-0.2, -0.15) is 0 Å². The fraction of sp³-hybridized carbons (Fsp3) is 0.316. The maximum absolute atomic E-state index is 5.92. The molecular formula is C19H22N2O2. The highest BCUT2D eigenvalue weighted by Crippen LogP contribution is 2.19. The molecule has 0 aliphatic rings. The molecule has 3 rings (SSSR count). The number of para-hydroxylation sites is 2. The number of nitrogens with zero attached hydrogens (tertiary/aromatic N) is 2. The Hall–Kier alpha value is -2.33. The molecule has 0 N–H and O–H groups in total. The quantitative estimate of drug-likeness (QED) is 0.665. The third-order valence-electron chi connectivity index (χ3n) is 3.95. The first-order valence-electron chi connectivity index (χ1n) is 7.96. The average molecular weight is 310 g/mol. The number of aryl methyl sites for hydroxylation is 1. The van der Waals surface area contributed by atoms with Gasteiger partial charge in [-0.25, -0.2) is 4.98 Å². The van der Waals surface area contributed by atoms with E-state index < -0.39 is 0 Å². The lowest BCUT2D eigenvalue weighted by molar-refractivity contribution is 0.185. The topological polar surface area (TPSA) is 36.3 Å². The Morgan fingerprint density at radius 1 is 1.04 bits per heavy atom. The summed E-state index contributed by atoms with van der Waals surface area (Å²) in [5.74, 6) is 1.79. The zero-order chi connectivity index (χ0) is 16.1. The fourth-order valence-corrected chi connectivity index (χ4v) is 2.64. The second-order valence-corrected chi connectivity index (χ2v) is 5.45. The van der Waals surface area contributed by atoms with E-state index in [1.54, 1.807) is 7.11 Å². The minimum atomic E-state index is 0.448. The van der Waals surface area contributed by atoms with Crippen molar-refractivity contribution in [3.63, 3.8) is 0 Å². The number of ether oxygens (including phenoxy) is 2. The molecule has 0 radical (unpaired) electrons. The maximum atomic E-state index is 5.92. The van der Waals surface area contributed by atoms with Gasteiger partial charge in [-0.15, -0.1) is 0 Å². The molecule has 0 aliphatic heterocycles. The standard InChI is InChI=1S/C19H22N2O2/c1-3-15-8-10-16(11-9-15)23-14-19-20-17-6-4-5-7-18(17)21(19)12-13-22-2/h4-11H,3,12-14H2,1-2H3. The number of fused-ring (bicyclic) bond motifs is 1. The third kappa shape index (κ3) is 3.54. The van der Waals surface area contributed by atoms with Gasteiger partial charge in [-0.05, 0) is 36.2 Å². The predicted octanol–water partition coefficient (Wildman–Crippen LogP) is 3.82. The van der Waals surface area contributed by atoms with Crippen LogP contribution >= 0.6 is 0 Å². The Morgan fingerprint density at radius 3 is 2.57 bits per heavy atom. The molecule has 4 nitrogen and oxygen atoms in total. The zero-order valence-electron chi connectivity index (χ0n) is 13.7. The summed E-state index contributed by atoms with van der Waals surface area (Å²) in [5, 5.41) is 0. The van der Waals surface area contributed by atoms with Gasteiger partial charge >= 0.3 is 0 Å². The Morgan fingerprint density at radius 2 is 1.83 bits per heavy atom. The highest BCUT2D eigenvalue weighted by Gasteiger charge is 2.10. The lowest BCUT2D eigenvalue weighted by Crippen LogP contribution is -2.10. The van der Waals surface area contributed by atoms with Gasteiger partial charge in [0.05, 0.1) is 17.6 Å². The normalized spacial score (nSPS) is 11.0. The number of hydrogen-bond donors (Lipinski definition) is 0. The predicted molar refractivity (Wildman–Crippen MR) is 91.8 cm³/mol. The first-order valence-corrected chi connectivity index (χ1v) is 7.96. The zero-order valence-corrected chi connectivity index (χ0v) is 13.7. The molecule has 0 spiro atoms. The first-order chi connectivity index (χ1) is 11.3. The molecule has 0 fully saturated rings. The van der Waals surface area contributed by atoms with E-state index in [2.05, 4.69) is 29.7 Å². The van der Waals surface area contributed by atoms with Crippen LogP contribution in [0.15, 0.2) is 48.5 Å². The fourth-order valence-electron chi connectivity index (χ4n) is 2.64. The van der Waals surface area contributed by atoms with Gasteiger partial charge in [0.1, 0.15) is 18.2 Å². The second-order valence-electron chi connectivity index (χ2n) is 5.45. The number of hydrogen-bond acceptors (Lipinski definition) is 3. The summed E-state index contributed by atoms with van der Waals surface area (Å²) in [5.41, 5.74) is 3.41. The smallest absolute Gasteiger partial charge is 0.148 e. The number of benzene rings is 2. The maximum Gasteiger partial charge on any atom is 0.148 e. The summed E-state index contributed by atoms with van der Waals surface area (Å²) in [7, 11) is 1.71. The Balaban J connectivity index is 1.80. The average Bonchev–Trinajstić information content (AvgIpc) is 2.96. The molecule has 3 aromatic rings. The van der Waals surface area contributed by atoms with Crippen molar-refractivity contribution in [3.8, 4) is 5.75 Å². The molecule has 0 atom stereocenters. The lowest BCUT2D eigenvalue weighted by atomic mass is 10.2. The molecule has 0 saturated carbocycles. The summed E-state index contributed by atoms with van der Waals surface area (Å²) >= 11 is 0. The SMILES string of the molecule is CCc1ccc(OCc2nc3ccccc3n2CCOC)cc1. The highest BCUT2D eigenvalue weighted by atomic mass is 16.5. The van der Waals surface area contributed by atoms with Crippen molar-refractivity contribution in [1.29, 1.82) is 0 Å². The van der Waals surface area contributed by atoms with E-state index in [4.69, 9.17) is 14.5 Å². The van der Waals surface area contributed by atoms with Gasteiger partial charge in [0.2, 0.25) is 0 Å². The molecule has 0 amide bonds. The van der Waals surface area contributed by atoms with E-state index in [0.29, 0.717) is 13.2 Å². The number of aromatic nitrogens is 2. The summed E-state index contributed by atoms with van der Waals surface area (Å²) in [6, 6.07) is 16.4. The van der Waals surface area contributed by atoms with Gasteiger partial charge in [0.25, 0.3) is 0 Å². The van der Waals surface area contributed by atoms with E-state index in [1.807, 2.05) is 30.3 Å². The molecule has 1 aromatic heterocycles.